The second kappa shape index (κ2) is 8.48. The molecule has 0 fully saturated rings. The standard InChI is InChI=1S/C24H24O2/c1-2-3-5-11-19-14-10-17-21(23(19)18-12-6-4-7-13-18)20-15-8-9-16-22(20)24(25)26/h4,6-10,12-17H,2-3,5,11H2,1H3,(H,25,26). The van der Waals surface area contributed by atoms with Crippen LogP contribution in [-0.4, -0.2) is 11.1 Å². The number of aromatic carboxylic acids is 1. The Balaban J connectivity index is 2.20. The highest BCUT2D eigenvalue weighted by Crippen LogP contribution is 2.37. The van der Waals surface area contributed by atoms with Gasteiger partial charge in [0.1, 0.15) is 0 Å². The van der Waals surface area contributed by atoms with Gasteiger partial charge in [0, 0.05) is 0 Å². The molecule has 132 valence electrons. The van der Waals surface area contributed by atoms with E-state index in [1.165, 1.54) is 18.4 Å². The molecule has 0 aliphatic rings. The maximum Gasteiger partial charge on any atom is 0.336 e. The summed E-state index contributed by atoms with van der Waals surface area (Å²) in [5.41, 5.74) is 5.67. The van der Waals surface area contributed by atoms with Gasteiger partial charge in [0.2, 0.25) is 0 Å². The largest absolute Gasteiger partial charge is 0.478 e. The molecule has 0 saturated heterocycles. The lowest BCUT2D eigenvalue weighted by Gasteiger charge is -2.17. The first-order chi connectivity index (χ1) is 12.7. The lowest BCUT2D eigenvalue weighted by Crippen LogP contribution is -2.01. The monoisotopic (exact) mass is 344 g/mol. The predicted molar refractivity (Wildman–Crippen MR) is 108 cm³/mol. The van der Waals surface area contributed by atoms with E-state index in [9.17, 15) is 9.90 Å². The number of carbonyl (C=O) groups is 1. The van der Waals surface area contributed by atoms with E-state index in [1.54, 1.807) is 12.1 Å². The fourth-order valence-electron chi connectivity index (χ4n) is 3.45. The molecule has 0 atom stereocenters. The highest BCUT2D eigenvalue weighted by molar-refractivity contribution is 5.99. The van der Waals surface area contributed by atoms with E-state index in [0.717, 1.165) is 35.1 Å². The smallest absolute Gasteiger partial charge is 0.336 e. The molecule has 0 aromatic heterocycles. The van der Waals surface area contributed by atoms with Crippen LogP contribution in [0.1, 0.15) is 42.1 Å². The van der Waals surface area contributed by atoms with E-state index >= 15 is 0 Å². The molecule has 2 nitrogen and oxygen atoms in total. The van der Waals surface area contributed by atoms with Crippen molar-refractivity contribution >= 4 is 5.97 Å². The topological polar surface area (TPSA) is 37.3 Å². The van der Waals surface area contributed by atoms with Crippen LogP contribution in [-0.2, 0) is 6.42 Å². The van der Waals surface area contributed by atoms with Crippen molar-refractivity contribution < 1.29 is 9.90 Å². The Morgan fingerprint density at radius 2 is 1.50 bits per heavy atom. The van der Waals surface area contributed by atoms with Crippen LogP contribution in [0.25, 0.3) is 22.3 Å². The van der Waals surface area contributed by atoms with Gasteiger partial charge in [0.15, 0.2) is 0 Å². The Morgan fingerprint density at radius 1 is 0.808 bits per heavy atom. The van der Waals surface area contributed by atoms with Crippen LogP contribution in [0.5, 0.6) is 0 Å². The molecule has 3 rings (SSSR count). The third-order valence-corrected chi connectivity index (χ3v) is 4.71. The molecule has 0 heterocycles. The summed E-state index contributed by atoms with van der Waals surface area (Å²) < 4.78 is 0. The Bertz CT molecular complexity index is 882. The number of carboxylic acids is 1. The number of unbranched alkanes of at least 4 members (excludes halogenated alkanes) is 2. The average Bonchev–Trinajstić information content (AvgIpc) is 2.68. The number of carboxylic acid groups (broad SMARTS) is 1. The van der Waals surface area contributed by atoms with Crippen molar-refractivity contribution in [3.05, 3.63) is 83.9 Å². The van der Waals surface area contributed by atoms with Crippen molar-refractivity contribution in [2.75, 3.05) is 0 Å². The van der Waals surface area contributed by atoms with Gasteiger partial charge in [-0.25, -0.2) is 4.79 Å². The van der Waals surface area contributed by atoms with E-state index in [2.05, 4.69) is 25.1 Å². The molecule has 0 spiro atoms. The molecule has 0 aliphatic carbocycles. The van der Waals surface area contributed by atoms with E-state index in [0.29, 0.717) is 5.56 Å². The number of aryl methyl sites for hydroxylation is 1. The van der Waals surface area contributed by atoms with Gasteiger partial charge >= 0.3 is 5.97 Å². The number of hydrogen-bond acceptors (Lipinski definition) is 1. The van der Waals surface area contributed by atoms with E-state index in [1.807, 2.05) is 42.5 Å². The van der Waals surface area contributed by atoms with Crippen LogP contribution in [0, 0.1) is 0 Å². The molecule has 3 aromatic carbocycles. The van der Waals surface area contributed by atoms with Gasteiger partial charge in [0.25, 0.3) is 0 Å². The molecule has 2 heteroatoms. The Labute approximate surface area is 155 Å². The molecule has 0 unspecified atom stereocenters. The summed E-state index contributed by atoms with van der Waals surface area (Å²) in [6.07, 6.45) is 4.52. The van der Waals surface area contributed by atoms with Gasteiger partial charge in [0.05, 0.1) is 5.56 Å². The number of rotatable bonds is 7. The summed E-state index contributed by atoms with van der Waals surface area (Å²) in [5, 5.41) is 9.63. The van der Waals surface area contributed by atoms with Gasteiger partial charge in [-0.05, 0) is 46.7 Å². The summed E-state index contributed by atoms with van der Waals surface area (Å²) in [6, 6.07) is 23.8. The highest BCUT2D eigenvalue weighted by Gasteiger charge is 2.17. The summed E-state index contributed by atoms with van der Waals surface area (Å²) in [7, 11) is 0. The van der Waals surface area contributed by atoms with Crippen LogP contribution in [0.15, 0.2) is 72.8 Å². The van der Waals surface area contributed by atoms with E-state index in [4.69, 9.17) is 0 Å². The summed E-state index contributed by atoms with van der Waals surface area (Å²) in [4.78, 5) is 11.7. The molecule has 0 saturated carbocycles. The summed E-state index contributed by atoms with van der Waals surface area (Å²) >= 11 is 0. The van der Waals surface area contributed by atoms with Crippen LogP contribution in [0.4, 0.5) is 0 Å². The lowest BCUT2D eigenvalue weighted by molar-refractivity contribution is 0.0697. The van der Waals surface area contributed by atoms with Gasteiger partial charge in [-0.2, -0.15) is 0 Å². The molecular weight excluding hydrogens is 320 g/mol. The van der Waals surface area contributed by atoms with Crippen molar-refractivity contribution in [3.8, 4) is 22.3 Å². The molecule has 0 aliphatic heterocycles. The summed E-state index contributed by atoms with van der Waals surface area (Å²) in [6.45, 7) is 2.21. The third kappa shape index (κ3) is 3.85. The van der Waals surface area contributed by atoms with Gasteiger partial charge < -0.3 is 5.11 Å². The Morgan fingerprint density at radius 3 is 2.23 bits per heavy atom. The molecule has 3 aromatic rings. The summed E-state index contributed by atoms with van der Waals surface area (Å²) in [5.74, 6) is -0.893. The van der Waals surface area contributed by atoms with Gasteiger partial charge in [-0.1, -0.05) is 86.5 Å². The lowest BCUT2D eigenvalue weighted by atomic mass is 9.87. The van der Waals surface area contributed by atoms with E-state index < -0.39 is 5.97 Å². The van der Waals surface area contributed by atoms with Crippen LogP contribution in [0.3, 0.4) is 0 Å². The molecular formula is C24H24O2. The fourth-order valence-corrected chi connectivity index (χ4v) is 3.45. The van der Waals surface area contributed by atoms with Gasteiger partial charge in [-0.15, -0.1) is 0 Å². The second-order valence-corrected chi connectivity index (χ2v) is 6.51. The molecule has 0 amide bonds. The zero-order chi connectivity index (χ0) is 18.4. The minimum absolute atomic E-state index is 0.343. The Kier molecular flexibility index (Phi) is 5.85. The number of benzene rings is 3. The molecule has 0 bridgehead atoms. The van der Waals surface area contributed by atoms with Crippen LogP contribution >= 0.6 is 0 Å². The molecule has 1 N–H and O–H groups in total. The van der Waals surface area contributed by atoms with Crippen molar-refractivity contribution in [2.24, 2.45) is 0 Å². The van der Waals surface area contributed by atoms with Crippen molar-refractivity contribution in [3.63, 3.8) is 0 Å². The minimum Gasteiger partial charge on any atom is -0.478 e. The third-order valence-electron chi connectivity index (χ3n) is 4.71. The van der Waals surface area contributed by atoms with E-state index in [-0.39, 0.29) is 0 Å². The van der Waals surface area contributed by atoms with Crippen LogP contribution < -0.4 is 0 Å². The highest BCUT2D eigenvalue weighted by atomic mass is 16.4. The molecule has 26 heavy (non-hydrogen) atoms. The maximum absolute atomic E-state index is 11.7. The van der Waals surface area contributed by atoms with Gasteiger partial charge in [-0.3, -0.25) is 0 Å². The first-order valence-electron chi connectivity index (χ1n) is 9.22. The molecule has 0 radical (unpaired) electrons. The maximum atomic E-state index is 11.7. The van der Waals surface area contributed by atoms with Crippen molar-refractivity contribution in [1.82, 2.24) is 0 Å². The zero-order valence-electron chi connectivity index (χ0n) is 15.1. The SMILES string of the molecule is CCCCCc1cccc(-c2ccccc2C(=O)O)c1-c1ccccc1. The average molecular weight is 344 g/mol. The number of hydrogen-bond donors (Lipinski definition) is 1. The second-order valence-electron chi connectivity index (χ2n) is 6.51. The fraction of sp³-hybridized carbons (Fsp3) is 0.208. The first kappa shape index (κ1) is 17.9. The minimum atomic E-state index is -0.893. The van der Waals surface area contributed by atoms with Crippen LogP contribution in [0.2, 0.25) is 0 Å². The van der Waals surface area contributed by atoms with Crippen molar-refractivity contribution in [2.45, 2.75) is 32.6 Å². The zero-order valence-corrected chi connectivity index (χ0v) is 15.1. The first-order valence-corrected chi connectivity index (χ1v) is 9.22. The quantitative estimate of drug-likeness (QED) is 0.500. The van der Waals surface area contributed by atoms with Crippen molar-refractivity contribution in [1.29, 1.82) is 0 Å². The normalized spacial score (nSPS) is 10.7. The predicted octanol–water partition coefficient (Wildman–Crippen LogP) is 6.45. The Hall–Kier alpha value is -2.87.